The van der Waals surface area contributed by atoms with E-state index in [4.69, 9.17) is 9.47 Å². The van der Waals surface area contributed by atoms with Crippen molar-refractivity contribution < 1.29 is 22.7 Å². The molecule has 2 aromatic carbocycles. The number of carbonyl (C=O) groups is 1. The maximum absolute atomic E-state index is 12.7. The Balaban J connectivity index is 1.48. The zero-order valence-electron chi connectivity index (χ0n) is 17.5. The number of carbonyl (C=O) groups excluding carboxylic acids is 1. The number of methoxy groups -OCH3 is 1. The highest BCUT2D eigenvalue weighted by Gasteiger charge is 2.18. The predicted molar refractivity (Wildman–Crippen MR) is 121 cm³/mol. The van der Waals surface area contributed by atoms with Crippen LogP contribution in [-0.4, -0.2) is 36.1 Å². The molecule has 170 valence electrons. The van der Waals surface area contributed by atoms with Crippen LogP contribution in [-0.2, 0) is 21.4 Å². The highest BCUT2D eigenvalue weighted by Crippen LogP contribution is 2.21. The van der Waals surface area contributed by atoms with Gasteiger partial charge in [-0.25, -0.2) is 18.2 Å². The Labute approximate surface area is 192 Å². The van der Waals surface area contributed by atoms with Crippen molar-refractivity contribution >= 4 is 38.0 Å². The third-order valence-corrected chi connectivity index (χ3v) is 6.72. The summed E-state index contributed by atoms with van der Waals surface area (Å²) in [6, 6.07) is 13.2. The van der Waals surface area contributed by atoms with Gasteiger partial charge in [-0.1, -0.05) is 17.4 Å². The number of benzene rings is 2. The van der Waals surface area contributed by atoms with Gasteiger partial charge in [-0.2, -0.15) is 9.61 Å². The maximum atomic E-state index is 12.7. The lowest BCUT2D eigenvalue weighted by atomic mass is 10.2. The number of ether oxygens (including phenoxy) is 2. The van der Waals surface area contributed by atoms with Crippen LogP contribution in [0, 0.1) is 6.92 Å². The van der Waals surface area contributed by atoms with Crippen LogP contribution in [0.5, 0.6) is 5.75 Å². The van der Waals surface area contributed by atoms with Gasteiger partial charge >= 0.3 is 5.97 Å². The molecule has 1 N–H and O–H groups in total. The van der Waals surface area contributed by atoms with Crippen LogP contribution < -0.4 is 15.0 Å². The molecular weight excluding hydrogens is 468 g/mol. The topological polar surface area (TPSA) is 129 Å². The van der Waals surface area contributed by atoms with E-state index in [0.29, 0.717) is 27.1 Å². The first-order chi connectivity index (χ1) is 15.7. The second-order valence-electron chi connectivity index (χ2n) is 6.86. The first kappa shape index (κ1) is 22.4. The van der Waals surface area contributed by atoms with Crippen molar-refractivity contribution in [1.82, 2.24) is 14.6 Å². The van der Waals surface area contributed by atoms with E-state index in [1.807, 2.05) is 0 Å². The van der Waals surface area contributed by atoms with Gasteiger partial charge in [-0.05, 0) is 49.4 Å². The third-order valence-electron chi connectivity index (χ3n) is 4.46. The number of aromatic nitrogens is 3. The number of hydrogen-bond donors (Lipinski definition) is 1. The monoisotopic (exact) mass is 486 g/mol. The quantitative estimate of drug-likeness (QED) is 0.395. The Morgan fingerprint density at radius 2 is 1.91 bits per heavy atom. The van der Waals surface area contributed by atoms with Crippen LogP contribution in [0.25, 0.3) is 4.96 Å². The second-order valence-corrected chi connectivity index (χ2v) is 9.59. The van der Waals surface area contributed by atoms with Gasteiger partial charge in [-0.15, -0.1) is 0 Å². The molecule has 33 heavy (non-hydrogen) atoms. The summed E-state index contributed by atoms with van der Waals surface area (Å²) in [7, 11) is -2.43. The summed E-state index contributed by atoms with van der Waals surface area (Å²) >= 11 is 1.12. The molecule has 0 aliphatic carbocycles. The predicted octanol–water partition coefficient (Wildman–Crippen LogP) is 2.63. The van der Waals surface area contributed by atoms with Gasteiger partial charge in [0.25, 0.3) is 15.6 Å². The molecule has 0 radical (unpaired) electrons. The number of sulfonamides is 1. The standard InChI is InChI=1S/C21H18N4O6S2/c1-13-10-19(26)25-21(22-13)32-18(23-25)12-31-20(27)14-4-3-5-17(11-14)33(28,29)24-15-6-8-16(30-2)9-7-15/h3-11,24H,12H2,1-2H3. The van der Waals surface area contributed by atoms with Gasteiger partial charge in [0.05, 0.1) is 17.6 Å². The lowest BCUT2D eigenvalue weighted by molar-refractivity contribution is 0.0471. The van der Waals surface area contributed by atoms with Crippen LogP contribution >= 0.6 is 11.3 Å². The SMILES string of the molecule is COc1ccc(NS(=O)(=O)c2cccc(C(=O)OCc3nn4c(=O)cc(C)nc4s3)c2)cc1. The summed E-state index contributed by atoms with van der Waals surface area (Å²) in [5.41, 5.74) is 0.639. The summed E-state index contributed by atoms with van der Waals surface area (Å²) < 4.78 is 39.4. The molecule has 4 rings (SSSR count). The Hall–Kier alpha value is -3.77. The van der Waals surface area contributed by atoms with Crippen molar-refractivity contribution in [3.05, 3.63) is 81.2 Å². The normalized spacial score (nSPS) is 11.3. The number of rotatable bonds is 7. The fourth-order valence-corrected chi connectivity index (χ4v) is 4.85. The third kappa shape index (κ3) is 5.02. The number of anilines is 1. The first-order valence-corrected chi connectivity index (χ1v) is 11.9. The Bertz CT molecular complexity index is 1490. The van der Waals surface area contributed by atoms with Gasteiger partial charge in [0, 0.05) is 17.4 Å². The molecule has 2 heterocycles. The van der Waals surface area contributed by atoms with Crippen LogP contribution in [0.4, 0.5) is 5.69 Å². The molecule has 0 bridgehead atoms. The van der Waals surface area contributed by atoms with E-state index in [9.17, 15) is 18.0 Å². The van der Waals surface area contributed by atoms with Gasteiger partial charge in [0.2, 0.25) is 4.96 Å². The zero-order valence-corrected chi connectivity index (χ0v) is 19.1. The van der Waals surface area contributed by atoms with Crippen molar-refractivity contribution in [3.63, 3.8) is 0 Å². The van der Waals surface area contributed by atoms with Crippen molar-refractivity contribution in [2.24, 2.45) is 0 Å². The number of hydrogen-bond acceptors (Lipinski definition) is 9. The summed E-state index contributed by atoms with van der Waals surface area (Å²) in [5, 5.41) is 4.48. The highest BCUT2D eigenvalue weighted by atomic mass is 32.2. The summed E-state index contributed by atoms with van der Waals surface area (Å²) in [6.07, 6.45) is 0. The Kier molecular flexibility index (Phi) is 6.11. The second kappa shape index (κ2) is 9.00. The van der Waals surface area contributed by atoms with Gasteiger partial charge < -0.3 is 9.47 Å². The van der Waals surface area contributed by atoms with Crippen molar-refractivity contribution in [2.75, 3.05) is 11.8 Å². The minimum Gasteiger partial charge on any atom is -0.497 e. The van der Waals surface area contributed by atoms with E-state index in [1.54, 1.807) is 31.2 Å². The molecule has 0 saturated carbocycles. The highest BCUT2D eigenvalue weighted by molar-refractivity contribution is 7.92. The molecule has 12 heteroatoms. The van der Waals surface area contributed by atoms with E-state index < -0.39 is 16.0 Å². The minimum absolute atomic E-state index is 0.0554. The van der Waals surface area contributed by atoms with Crippen molar-refractivity contribution in [3.8, 4) is 5.75 Å². The van der Waals surface area contributed by atoms with E-state index >= 15 is 0 Å². The maximum Gasteiger partial charge on any atom is 0.338 e. The van der Waals surface area contributed by atoms with Gasteiger partial charge in [-0.3, -0.25) is 9.52 Å². The van der Waals surface area contributed by atoms with Crippen molar-refractivity contribution in [2.45, 2.75) is 18.4 Å². The van der Waals surface area contributed by atoms with Crippen molar-refractivity contribution in [1.29, 1.82) is 0 Å². The van der Waals surface area contributed by atoms with Crippen LogP contribution in [0.3, 0.4) is 0 Å². The molecule has 0 fully saturated rings. The fourth-order valence-electron chi connectivity index (χ4n) is 2.89. The van der Waals surface area contributed by atoms with Gasteiger partial charge in [0.15, 0.2) is 5.01 Å². The average Bonchev–Trinajstić information content (AvgIpc) is 3.21. The van der Waals surface area contributed by atoms with E-state index in [2.05, 4.69) is 14.8 Å². The number of nitrogens with one attached hydrogen (secondary N) is 1. The molecule has 0 unspecified atom stereocenters. The molecule has 0 saturated heterocycles. The molecular formula is C21H18N4O6S2. The number of nitrogens with zero attached hydrogens (tertiary/aromatic N) is 3. The van der Waals surface area contributed by atoms with Crippen LogP contribution in [0.15, 0.2) is 64.3 Å². The Morgan fingerprint density at radius 1 is 1.15 bits per heavy atom. The van der Waals surface area contributed by atoms with Crippen LogP contribution in [0.1, 0.15) is 21.1 Å². The summed E-state index contributed by atoms with van der Waals surface area (Å²) in [4.78, 5) is 29.0. The molecule has 0 aliphatic heterocycles. The lowest BCUT2D eigenvalue weighted by Crippen LogP contribution is -2.15. The average molecular weight is 487 g/mol. The lowest BCUT2D eigenvalue weighted by Gasteiger charge is -2.10. The van der Waals surface area contributed by atoms with E-state index in [1.165, 1.54) is 37.4 Å². The minimum atomic E-state index is -3.94. The van der Waals surface area contributed by atoms with Gasteiger partial charge in [0.1, 0.15) is 12.4 Å². The largest absolute Gasteiger partial charge is 0.497 e. The Morgan fingerprint density at radius 3 is 2.64 bits per heavy atom. The van der Waals surface area contributed by atoms with Crippen LogP contribution in [0.2, 0.25) is 0 Å². The summed E-state index contributed by atoms with van der Waals surface area (Å²) in [6.45, 7) is 1.51. The molecule has 0 spiro atoms. The zero-order chi connectivity index (χ0) is 23.6. The van der Waals surface area contributed by atoms with E-state index in [-0.39, 0.29) is 22.6 Å². The number of fused-ring (bicyclic) bond motifs is 1. The number of esters is 1. The number of aryl methyl sites for hydroxylation is 1. The molecule has 0 aliphatic rings. The molecule has 2 aromatic heterocycles. The molecule has 0 atom stereocenters. The first-order valence-electron chi connectivity index (χ1n) is 9.55. The molecule has 4 aromatic rings. The fraction of sp³-hybridized carbons (Fsp3) is 0.143. The molecule has 10 nitrogen and oxygen atoms in total. The smallest absolute Gasteiger partial charge is 0.338 e. The van der Waals surface area contributed by atoms with E-state index in [0.717, 1.165) is 15.9 Å². The molecule has 0 amide bonds. The summed E-state index contributed by atoms with van der Waals surface area (Å²) in [5.74, 6) is -0.140.